The summed E-state index contributed by atoms with van der Waals surface area (Å²) in [7, 11) is 2.69. The number of hydrogen-bond donors (Lipinski definition) is 2. The zero-order valence-electron chi connectivity index (χ0n) is 18.8. The molecular formula is C23H26FN3O6. The van der Waals surface area contributed by atoms with E-state index in [1.807, 2.05) is 0 Å². The Labute approximate surface area is 190 Å². The molecule has 0 heterocycles. The monoisotopic (exact) mass is 459 g/mol. The third-order valence-electron chi connectivity index (χ3n) is 4.50. The van der Waals surface area contributed by atoms with Gasteiger partial charge in [0.05, 0.1) is 26.0 Å². The van der Waals surface area contributed by atoms with Gasteiger partial charge in [-0.15, -0.1) is 0 Å². The summed E-state index contributed by atoms with van der Waals surface area (Å²) in [6.45, 7) is 3.21. The van der Waals surface area contributed by atoms with Gasteiger partial charge >= 0.3 is 5.97 Å². The molecule has 2 rings (SSSR count). The first-order chi connectivity index (χ1) is 15.8. The fourth-order valence-corrected chi connectivity index (χ4v) is 2.72. The number of ether oxygens (including phenoxy) is 3. The minimum Gasteiger partial charge on any atom is -0.493 e. The fourth-order valence-electron chi connectivity index (χ4n) is 2.72. The van der Waals surface area contributed by atoms with Crippen molar-refractivity contribution in [2.75, 3.05) is 20.8 Å². The van der Waals surface area contributed by atoms with E-state index in [0.29, 0.717) is 17.1 Å². The van der Waals surface area contributed by atoms with Crippen molar-refractivity contribution < 1.29 is 33.0 Å². The lowest BCUT2D eigenvalue weighted by atomic mass is 10.0. The number of nitrogens with zero attached hydrogens (tertiary/aromatic N) is 1. The summed E-state index contributed by atoms with van der Waals surface area (Å²) in [6.07, 6.45) is 1.38. The van der Waals surface area contributed by atoms with Gasteiger partial charge in [-0.05, 0) is 41.8 Å². The number of nitrogens with one attached hydrogen (secondary N) is 2. The number of halogens is 1. The Morgan fingerprint density at radius 1 is 1.09 bits per heavy atom. The van der Waals surface area contributed by atoms with E-state index in [1.54, 1.807) is 32.0 Å². The number of benzene rings is 2. The maximum Gasteiger partial charge on any atom is 0.343 e. The Morgan fingerprint density at radius 2 is 1.82 bits per heavy atom. The van der Waals surface area contributed by atoms with Crippen molar-refractivity contribution in [3.8, 4) is 11.5 Å². The number of methoxy groups -OCH3 is 2. The van der Waals surface area contributed by atoms with Crippen molar-refractivity contribution in [1.29, 1.82) is 0 Å². The van der Waals surface area contributed by atoms with Gasteiger partial charge in [0.25, 0.3) is 11.8 Å². The largest absolute Gasteiger partial charge is 0.493 e. The molecule has 2 N–H and O–H groups in total. The van der Waals surface area contributed by atoms with E-state index < -0.39 is 29.6 Å². The summed E-state index contributed by atoms with van der Waals surface area (Å²) >= 11 is 0. The quantitative estimate of drug-likeness (QED) is 0.320. The van der Waals surface area contributed by atoms with Gasteiger partial charge in [-0.2, -0.15) is 5.10 Å². The highest BCUT2D eigenvalue weighted by molar-refractivity contribution is 5.98. The summed E-state index contributed by atoms with van der Waals surface area (Å²) in [4.78, 5) is 36.2. The van der Waals surface area contributed by atoms with Crippen LogP contribution in [0.25, 0.3) is 0 Å². The second kappa shape index (κ2) is 12.2. The molecule has 0 aromatic heterocycles. The summed E-state index contributed by atoms with van der Waals surface area (Å²) in [6, 6.07) is 9.40. The molecule has 0 saturated carbocycles. The number of carbonyl (C=O) groups excluding carboxylic acids is 3. The number of esters is 1. The maximum atomic E-state index is 13.9. The van der Waals surface area contributed by atoms with Crippen LogP contribution >= 0.6 is 0 Å². The first-order valence-corrected chi connectivity index (χ1v) is 10.0. The molecule has 0 fully saturated rings. The number of hydrazone groups is 1. The molecule has 0 saturated heterocycles. The molecule has 1 unspecified atom stereocenters. The van der Waals surface area contributed by atoms with Crippen LogP contribution in [0.4, 0.5) is 4.39 Å². The molecule has 2 amide bonds. The van der Waals surface area contributed by atoms with E-state index in [-0.39, 0.29) is 18.1 Å². The third-order valence-corrected chi connectivity index (χ3v) is 4.50. The van der Waals surface area contributed by atoms with Crippen LogP contribution in [0.15, 0.2) is 47.6 Å². The lowest BCUT2D eigenvalue weighted by Gasteiger charge is -2.20. The van der Waals surface area contributed by atoms with Crippen LogP contribution in [-0.4, -0.2) is 50.9 Å². The minimum absolute atomic E-state index is 0.152. The summed E-state index contributed by atoms with van der Waals surface area (Å²) < 4.78 is 29.0. The first kappa shape index (κ1) is 25.3. The van der Waals surface area contributed by atoms with Gasteiger partial charge in [0, 0.05) is 0 Å². The van der Waals surface area contributed by atoms with E-state index in [9.17, 15) is 18.8 Å². The van der Waals surface area contributed by atoms with Crippen molar-refractivity contribution >= 4 is 24.0 Å². The van der Waals surface area contributed by atoms with Gasteiger partial charge in [0.1, 0.15) is 11.9 Å². The predicted octanol–water partition coefficient (Wildman–Crippen LogP) is 2.29. The Bertz CT molecular complexity index is 1030. The molecule has 2 aromatic rings. The Kier molecular flexibility index (Phi) is 9.34. The highest BCUT2D eigenvalue weighted by Crippen LogP contribution is 2.27. The van der Waals surface area contributed by atoms with Crippen molar-refractivity contribution in [2.45, 2.75) is 19.9 Å². The Balaban J connectivity index is 2.03. The van der Waals surface area contributed by atoms with Gasteiger partial charge in [0.15, 0.2) is 18.1 Å². The lowest BCUT2D eigenvalue weighted by molar-refractivity contribution is -0.142. The highest BCUT2D eigenvalue weighted by atomic mass is 19.1. The van der Waals surface area contributed by atoms with Gasteiger partial charge in [-0.25, -0.2) is 14.6 Å². The molecule has 0 radical (unpaired) electrons. The first-order valence-electron chi connectivity index (χ1n) is 10.0. The van der Waals surface area contributed by atoms with E-state index >= 15 is 0 Å². The lowest BCUT2D eigenvalue weighted by Crippen LogP contribution is -2.48. The van der Waals surface area contributed by atoms with Crippen LogP contribution in [0.2, 0.25) is 0 Å². The second-order valence-corrected chi connectivity index (χ2v) is 7.18. The average Bonchev–Trinajstić information content (AvgIpc) is 2.80. The topological polar surface area (TPSA) is 115 Å². The number of rotatable bonds is 10. The van der Waals surface area contributed by atoms with Crippen molar-refractivity contribution in [3.63, 3.8) is 0 Å². The summed E-state index contributed by atoms with van der Waals surface area (Å²) in [5.41, 5.74) is 2.80. The fraction of sp³-hybridized carbons (Fsp3) is 0.304. The van der Waals surface area contributed by atoms with Crippen LogP contribution in [-0.2, 0) is 14.3 Å². The van der Waals surface area contributed by atoms with Gasteiger partial charge in [0.2, 0.25) is 0 Å². The molecule has 10 heteroatoms. The molecule has 0 bridgehead atoms. The van der Waals surface area contributed by atoms with Crippen LogP contribution < -0.4 is 20.2 Å². The molecule has 0 spiro atoms. The van der Waals surface area contributed by atoms with Crippen LogP contribution in [0.3, 0.4) is 0 Å². The Hall–Kier alpha value is -3.95. The number of amides is 2. The molecular weight excluding hydrogens is 433 g/mol. The number of carbonyl (C=O) groups is 3. The molecule has 0 aliphatic carbocycles. The number of hydrogen-bond acceptors (Lipinski definition) is 7. The zero-order chi connectivity index (χ0) is 24.4. The van der Waals surface area contributed by atoms with Crippen molar-refractivity contribution in [1.82, 2.24) is 10.7 Å². The Morgan fingerprint density at radius 3 is 2.45 bits per heavy atom. The van der Waals surface area contributed by atoms with Gasteiger partial charge in [-0.3, -0.25) is 9.59 Å². The minimum atomic E-state index is -0.933. The molecule has 176 valence electrons. The standard InChI is InChI=1S/C23H26FN3O6/c1-14(2)21(26-22(29)16-7-5-6-8-17(16)24)23(30)27-25-12-15-9-10-18(19(11-15)31-3)33-13-20(28)32-4/h5-12,14,21H,13H2,1-4H3,(H,26,29)(H,27,30)/b25-12+. The molecule has 0 aliphatic heterocycles. The SMILES string of the molecule is COC(=O)COc1ccc(/C=N/NC(=O)C(NC(=O)c2ccccc2F)C(C)C)cc1OC. The predicted molar refractivity (Wildman–Crippen MR) is 119 cm³/mol. The van der Waals surface area contributed by atoms with Gasteiger partial charge in [-0.1, -0.05) is 26.0 Å². The smallest absolute Gasteiger partial charge is 0.343 e. The van der Waals surface area contributed by atoms with Crippen molar-refractivity contribution in [2.24, 2.45) is 11.0 Å². The zero-order valence-corrected chi connectivity index (χ0v) is 18.8. The van der Waals surface area contributed by atoms with E-state index in [4.69, 9.17) is 9.47 Å². The van der Waals surface area contributed by atoms with E-state index in [0.717, 1.165) is 0 Å². The third kappa shape index (κ3) is 7.30. The normalized spacial score (nSPS) is 11.7. The average molecular weight is 459 g/mol. The molecule has 9 nitrogen and oxygen atoms in total. The van der Waals surface area contributed by atoms with Crippen LogP contribution in [0.1, 0.15) is 29.8 Å². The summed E-state index contributed by atoms with van der Waals surface area (Å²) in [5, 5.41) is 6.45. The molecule has 2 aromatic carbocycles. The molecule has 0 aliphatic rings. The molecule has 33 heavy (non-hydrogen) atoms. The van der Waals surface area contributed by atoms with Crippen LogP contribution in [0, 0.1) is 11.7 Å². The van der Waals surface area contributed by atoms with Gasteiger partial charge < -0.3 is 19.5 Å². The molecule has 1 atom stereocenters. The van der Waals surface area contributed by atoms with E-state index in [1.165, 1.54) is 44.7 Å². The summed E-state index contributed by atoms with van der Waals surface area (Å²) in [5.74, 6) is -2.06. The second-order valence-electron chi connectivity index (χ2n) is 7.18. The van der Waals surface area contributed by atoms with E-state index in [2.05, 4.69) is 20.6 Å². The maximum absolute atomic E-state index is 13.9. The van der Waals surface area contributed by atoms with Crippen LogP contribution in [0.5, 0.6) is 11.5 Å². The van der Waals surface area contributed by atoms with Crippen molar-refractivity contribution in [3.05, 3.63) is 59.4 Å². The highest BCUT2D eigenvalue weighted by Gasteiger charge is 2.25.